The zero-order chi connectivity index (χ0) is 22.0. The fraction of sp³-hybridized carbons (Fsp3) is 0.417. The quantitative estimate of drug-likeness (QED) is 0.583. The van der Waals surface area contributed by atoms with E-state index in [1.54, 1.807) is 23.4 Å². The Labute approximate surface area is 181 Å². The van der Waals surface area contributed by atoms with Crippen LogP contribution in [0, 0.1) is 0 Å². The molecule has 1 amide bonds. The number of rotatable bonds is 7. The Morgan fingerprint density at radius 3 is 2.48 bits per heavy atom. The Kier molecular flexibility index (Phi) is 6.02. The summed E-state index contributed by atoms with van der Waals surface area (Å²) < 4.78 is 14.3. The number of imidazole rings is 1. The lowest BCUT2D eigenvalue weighted by Gasteiger charge is -2.26. The fourth-order valence-electron chi connectivity index (χ4n) is 4.63. The van der Waals surface area contributed by atoms with Crippen LogP contribution in [0.1, 0.15) is 37.8 Å². The maximum Gasteiger partial charge on any atom is 0.329 e. The van der Waals surface area contributed by atoms with Gasteiger partial charge in [0, 0.05) is 37.7 Å². The molecule has 1 aromatic heterocycles. The molecule has 1 aliphatic rings. The zero-order valence-corrected chi connectivity index (χ0v) is 18.3. The molecule has 2 heterocycles. The number of methoxy groups -OCH3 is 2. The molecule has 164 valence electrons. The number of amides is 1. The van der Waals surface area contributed by atoms with Gasteiger partial charge in [0.1, 0.15) is 11.5 Å². The van der Waals surface area contributed by atoms with Crippen molar-refractivity contribution in [2.24, 2.45) is 0 Å². The second kappa shape index (κ2) is 8.88. The number of aromatic nitrogens is 2. The van der Waals surface area contributed by atoms with Crippen LogP contribution in [0.25, 0.3) is 11.0 Å². The van der Waals surface area contributed by atoms with E-state index in [0.29, 0.717) is 19.6 Å². The summed E-state index contributed by atoms with van der Waals surface area (Å²) in [5.74, 6) is 1.51. The van der Waals surface area contributed by atoms with Crippen LogP contribution in [0.4, 0.5) is 0 Å². The second-order valence-corrected chi connectivity index (χ2v) is 7.77. The first kappa shape index (κ1) is 21.0. The zero-order valence-electron chi connectivity index (χ0n) is 18.3. The topological polar surface area (TPSA) is 65.7 Å². The first-order valence-electron chi connectivity index (χ1n) is 10.8. The number of nitrogens with zero attached hydrogens (tertiary/aromatic N) is 3. The average molecular weight is 424 g/mol. The Hall–Kier alpha value is -3.22. The third-order valence-corrected chi connectivity index (χ3v) is 6.16. The van der Waals surface area contributed by atoms with Gasteiger partial charge in [-0.05, 0) is 44.0 Å². The summed E-state index contributed by atoms with van der Waals surface area (Å²) in [6.45, 7) is 3.64. The number of fused-ring (bicyclic) bond motifs is 1. The van der Waals surface area contributed by atoms with Gasteiger partial charge in [0.05, 0.1) is 31.3 Å². The molecule has 2 aromatic carbocycles. The molecule has 1 aliphatic heterocycles. The van der Waals surface area contributed by atoms with Crippen molar-refractivity contribution in [1.82, 2.24) is 14.0 Å². The minimum absolute atomic E-state index is 0.0259. The van der Waals surface area contributed by atoms with Gasteiger partial charge in [-0.3, -0.25) is 13.9 Å². The first-order valence-corrected chi connectivity index (χ1v) is 10.8. The lowest BCUT2D eigenvalue weighted by Crippen LogP contribution is -2.32. The van der Waals surface area contributed by atoms with Crippen LogP contribution in [0.2, 0.25) is 0 Å². The molecule has 1 fully saturated rings. The molecule has 1 saturated heterocycles. The number of likely N-dealkylation sites (tertiary alicyclic amines) is 1. The van der Waals surface area contributed by atoms with Gasteiger partial charge in [-0.2, -0.15) is 0 Å². The normalized spacial score (nSPS) is 16.1. The molecule has 7 nitrogen and oxygen atoms in total. The second-order valence-electron chi connectivity index (χ2n) is 7.77. The Balaban J connectivity index is 1.55. The van der Waals surface area contributed by atoms with Crippen molar-refractivity contribution in [3.05, 3.63) is 58.5 Å². The molecule has 0 bridgehead atoms. The third kappa shape index (κ3) is 3.80. The molecule has 1 unspecified atom stereocenters. The van der Waals surface area contributed by atoms with E-state index in [2.05, 4.69) is 0 Å². The maximum absolute atomic E-state index is 13.2. The van der Waals surface area contributed by atoms with E-state index >= 15 is 0 Å². The molecular weight excluding hydrogens is 394 g/mol. The van der Waals surface area contributed by atoms with Crippen LogP contribution in [0.5, 0.6) is 11.5 Å². The van der Waals surface area contributed by atoms with Crippen molar-refractivity contribution in [2.45, 2.75) is 45.3 Å². The van der Waals surface area contributed by atoms with E-state index in [-0.39, 0.29) is 24.1 Å². The molecule has 1 atom stereocenters. The smallest absolute Gasteiger partial charge is 0.329 e. The predicted octanol–water partition coefficient (Wildman–Crippen LogP) is 3.59. The predicted molar refractivity (Wildman–Crippen MR) is 120 cm³/mol. The number of carbonyl (C=O) groups excluding carboxylic acids is 1. The van der Waals surface area contributed by atoms with Gasteiger partial charge in [0.2, 0.25) is 5.91 Å². The molecule has 7 heteroatoms. The number of aryl methyl sites for hydroxylation is 2. The van der Waals surface area contributed by atoms with Gasteiger partial charge in [0.15, 0.2) is 0 Å². The van der Waals surface area contributed by atoms with Gasteiger partial charge in [-0.15, -0.1) is 0 Å². The highest BCUT2D eigenvalue weighted by Gasteiger charge is 2.32. The minimum atomic E-state index is -0.0636. The van der Waals surface area contributed by atoms with E-state index in [9.17, 15) is 9.59 Å². The minimum Gasteiger partial charge on any atom is -0.497 e. The number of ether oxygens (including phenoxy) is 2. The highest BCUT2D eigenvalue weighted by atomic mass is 16.5. The Morgan fingerprint density at radius 1 is 1.06 bits per heavy atom. The molecule has 3 aromatic rings. The van der Waals surface area contributed by atoms with Crippen molar-refractivity contribution < 1.29 is 14.3 Å². The summed E-state index contributed by atoms with van der Waals surface area (Å²) in [5.41, 5.74) is 2.71. The van der Waals surface area contributed by atoms with Crippen LogP contribution in [-0.4, -0.2) is 40.7 Å². The number of para-hydroxylation sites is 2. The molecule has 0 saturated carbocycles. The number of benzene rings is 2. The number of hydrogen-bond donors (Lipinski definition) is 0. The van der Waals surface area contributed by atoms with Crippen LogP contribution < -0.4 is 15.2 Å². The summed E-state index contributed by atoms with van der Waals surface area (Å²) >= 11 is 0. The van der Waals surface area contributed by atoms with Gasteiger partial charge in [-0.25, -0.2) is 4.79 Å². The maximum atomic E-state index is 13.2. The molecule has 31 heavy (non-hydrogen) atoms. The van der Waals surface area contributed by atoms with Crippen molar-refractivity contribution in [3.63, 3.8) is 0 Å². The van der Waals surface area contributed by atoms with Crippen LogP contribution in [0.15, 0.2) is 47.3 Å². The van der Waals surface area contributed by atoms with E-state index < -0.39 is 0 Å². The first-order chi connectivity index (χ1) is 15.1. The van der Waals surface area contributed by atoms with Crippen LogP contribution in [-0.2, 0) is 17.9 Å². The summed E-state index contributed by atoms with van der Waals surface area (Å²) in [6, 6.07) is 13.5. The van der Waals surface area contributed by atoms with Gasteiger partial charge >= 0.3 is 5.69 Å². The molecular formula is C24H29N3O4. The van der Waals surface area contributed by atoms with E-state index in [1.807, 2.05) is 54.3 Å². The van der Waals surface area contributed by atoms with Gasteiger partial charge in [-0.1, -0.05) is 12.1 Å². The van der Waals surface area contributed by atoms with Crippen molar-refractivity contribution in [1.29, 1.82) is 0 Å². The van der Waals surface area contributed by atoms with Gasteiger partial charge in [0.25, 0.3) is 0 Å². The average Bonchev–Trinajstić information content (AvgIpc) is 3.39. The van der Waals surface area contributed by atoms with E-state index in [0.717, 1.165) is 40.9 Å². The highest BCUT2D eigenvalue weighted by molar-refractivity contribution is 5.78. The summed E-state index contributed by atoms with van der Waals surface area (Å²) in [4.78, 5) is 28.0. The summed E-state index contributed by atoms with van der Waals surface area (Å²) in [6.07, 6.45) is 2.12. The Morgan fingerprint density at radius 2 is 1.81 bits per heavy atom. The number of hydrogen-bond acceptors (Lipinski definition) is 4. The van der Waals surface area contributed by atoms with Crippen molar-refractivity contribution in [3.8, 4) is 11.5 Å². The molecule has 0 N–H and O–H groups in total. The SMILES string of the molecule is CCn1c(=O)n(CCC(=O)N2CCCC2c2ccc(OC)cc2OC)c2ccccc21. The molecule has 0 aliphatic carbocycles. The van der Waals surface area contributed by atoms with Crippen molar-refractivity contribution >= 4 is 16.9 Å². The lowest BCUT2D eigenvalue weighted by molar-refractivity contribution is -0.132. The highest BCUT2D eigenvalue weighted by Crippen LogP contribution is 2.39. The van der Waals surface area contributed by atoms with Gasteiger partial charge < -0.3 is 14.4 Å². The summed E-state index contributed by atoms with van der Waals surface area (Å²) in [7, 11) is 3.26. The lowest BCUT2D eigenvalue weighted by atomic mass is 10.0. The van der Waals surface area contributed by atoms with Crippen LogP contribution in [0.3, 0.4) is 0 Å². The molecule has 4 rings (SSSR count). The monoisotopic (exact) mass is 423 g/mol. The fourth-order valence-corrected chi connectivity index (χ4v) is 4.63. The Bertz CT molecular complexity index is 1150. The third-order valence-electron chi connectivity index (χ3n) is 6.16. The standard InChI is InChI=1S/C24H29N3O4/c1-4-25-20-8-5-6-9-21(20)27(24(25)29)15-13-23(28)26-14-7-10-19(26)18-12-11-17(30-2)16-22(18)31-3/h5-6,8-9,11-12,16,19H,4,7,10,13-15H2,1-3H3. The van der Waals surface area contributed by atoms with E-state index in [4.69, 9.17) is 9.47 Å². The molecule has 0 radical (unpaired) electrons. The van der Waals surface area contributed by atoms with Crippen molar-refractivity contribution in [2.75, 3.05) is 20.8 Å². The van der Waals surface area contributed by atoms with E-state index in [1.165, 1.54) is 0 Å². The largest absolute Gasteiger partial charge is 0.497 e. The number of carbonyl (C=O) groups is 1. The summed E-state index contributed by atoms with van der Waals surface area (Å²) in [5, 5.41) is 0. The van der Waals surface area contributed by atoms with Crippen LogP contribution >= 0.6 is 0 Å². The molecule has 0 spiro atoms.